The molecule has 2 aromatic rings. The second-order valence-corrected chi connectivity index (χ2v) is 5.06. The van der Waals surface area contributed by atoms with Crippen molar-refractivity contribution >= 4 is 27.3 Å². The third-order valence-electron chi connectivity index (χ3n) is 1.88. The van der Waals surface area contributed by atoms with Gasteiger partial charge in [-0.25, -0.2) is 4.98 Å². The van der Waals surface area contributed by atoms with Crippen LogP contribution in [0.15, 0.2) is 41.8 Å². The van der Waals surface area contributed by atoms with Gasteiger partial charge in [0.05, 0.1) is 23.2 Å². The summed E-state index contributed by atoms with van der Waals surface area (Å²) in [5.74, 6) is 0. The number of rotatable bonds is 3. The Bertz CT molecular complexity index is 581. The maximum atomic E-state index is 11.8. The van der Waals surface area contributed by atoms with Crippen LogP contribution >= 0.6 is 11.6 Å². The lowest BCUT2D eigenvalue weighted by Gasteiger charge is -2.07. The molecule has 0 saturated heterocycles. The Morgan fingerprint density at radius 1 is 1.31 bits per heavy atom. The summed E-state index contributed by atoms with van der Waals surface area (Å²) in [4.78, 5) is 6.16. The lowest BCUT2D eigenvalue weighted by Crippen LogP contribution is -2.13. The zero-order valence-corrected chi connectivity index (χ0v) is 9.59. The molecule has 0 radical (unpaired) electrons. The number of para-hydroxylation sites is 1. The van der Waals surface area contributed by atoms with Crippen LogP contribution in [-0.4, -0.2) is 18.4 Å². The summed E-state index contributed by atoms with van der Waals surface area (Å²) < 4.78 is 25.9. The summed E-state index contributed by atoms with van der Waals surface area (Å²) in [7, 11) is -3.64. The second kappa shape index (κ2) is 4.15. The number of aromatic nitrogens is 2. The average Bonchev–Trinajstić information content (AvgIpc) is 2.75. The lowest BCUT2D eigenvalue weighted by atomic mass is 10.3. The van der Waals surface area contributed by atoms with Crippen LogP contribution in [-0.2, 0) is 10.0 Å². The number of anilines is 1. The van der Waals surface area contributed by atoms with Gasteiger partial charge in [-0.2, -0.15) is 8.42 Å². The van der Waals surface area contributed by atoms with Crippen molar-refractivity contribution < 1.29 is 8.42 Å². The van der Waals surface area contributed by atoms with Crippen LogP contribution in [0.5, 0.6) is 0 Å². The summed E-state index contributed by atoms with van der Waals surface area (Å²) in [5.41, 5.74) is 0.332. The van der Waals surface area contributed by atoms with E-state index in [0.29, 0.717) is 10.7 Å². The molecule has 0 aliphatic rings. The number of nitrogens with one attached hydrogen (secondary N) is 2. The van der Waals surface area contributed by atoms with Crippen LogP contribution in [0.3, 0.4) is 0 Å². The minimum Gasteiger partial charge on any atom is -0.334 e. The molecule has 0 atom stereocenters. The van der Waals surface area contributed by atoms with Crippen LogP contribution in [0.1, 0.15) is 0 Å². The van der Waals surface area contributed by atoms with Crippen molar-refractivity contribution in [2.45, 2.75) is 5.03 Å². The normalized spacial score (nSPS) is 11.3. The van der Waals surface area contributed by atoms with E-state index in [0.717, 1.165) is 0 Å². The molecule has 1 aromatic carbocycles. The van der Waals surface area contributed by atoms with E-state index >= 15 is 0 Å². The van der Waals surface area contributed by atoms with Crippen LogP contribution in [0.2, 0.25) is 5.02 Å². The molecule has 0 aliphatic carbocycles. The van der Waals surface area contributed by atoms with E-state index in [2.05, 4.69) is 14.7 Å². The minimum atomic E-state index is -3.64. The third-order valence-corrected chi connectivity index (χ3v) is 3.50. The minimum absolute atomic E-state index is 0.00702. The molecule has 0 spiro atoms. The molecule has 84 valence electrons. The smallest absolute Gasteiger partial charge is 0.279 e. The molecule has 0 fully saturated rings. The summed E-state index contributed by atoms with van der Waals surface area (Å²) in [6, 6.07) is 6.59. The molecule has 0 unspecified atom stereocenters. The van der Waals surface area contributed by atoms with Crippen molar-refractivity contribution in [1.82, 2.24) is 9.97 Å². The van der Waals surface area contributed by atoms with E-state index in [4.69, 9.17) is 11.6 Å². The van der Waals surface area contributed by atoms with E-state index in [1.807, 2.05) is 0 Å². The van der Waals surface area contributed by atoms with Crippen LogP contribution in [0.4, 0.5) is 5.69 Å². The maximum absolute atomic E-state index is 11.8. The van der Waals surface area contributed by atoms with Gasteiger partial charge in [-0.05, 0) is 12.1 Å². The van der Waals surface area contributed by atoms with E-state index in [1.165, 1.54) is 12.5 Å². The maximum Gasteiger partial charge on any atom is 0.279 e. The van der Waals surface area contributed by atoms with Gasteiger partial charge in [0.15, 0.2) is 5.03 Å². The number of nitrogens with zero attached hydrogens (tertiary/aromatic N) is 1. The Hall–Kier alpha value is -1.53. The number of H-pyrrole nitrogens is 1. The monoisotopic (exact) mass is 257 g/mol. The van der Waals surface area contributed by atoms with E-state index < -0.39 is 10.0 Å². The van der Waals surface area contributed by atoms with Gasteiger partial charge >= 0.3 is 0 Å². The zero-order chi connectivity index (χ0) is 11.6. The summed E-state index contributed by atoms with van der Waals surface area (Å²) in [5, 5.41) is 0.331. The number of benzene rings is 1. The number of hydrogen-bond donors (Lipinski definition) is 2. The Kier molecular flexibility index (Phi) is 2.84. The first-order valence-corrected chi connectivity index (χ1v) is 6.21. The fourth-order valence-corrected chi connectivity index (χ4v) is 2.36. The van der Waals surface area contributed by atoms with Crippen LogP contribution < -0.4 is 4.72 Å². The van der Waals surface area contributed by atoms with Crippen molar-refractivity contribution in [2.75, 3.05) is 4.72 Å². The molecule has 0 aliphatic heterocycles. The fourth-order valence-electron chi connectivity index (χ4n) is 1.13. The molecule has 5 nitrogen and oxygen atoms in total. The van der Waals surface area contributed by atoms with Gasteiger partial charge in [0.25, 0.3) is 10.0 Å². The Labute approximate surface area is 97.5 Å². The first kappa shape index (κ1) is 11.0. The molecule has 1 aromatic heterocycles. The first-order chi connectivity index (χ1) is 7.59. The van der Waals surface area contributed by atoms with Crippen molar-refractivity contribution in [3.63, 3.8) is 0 Å². The van der Waals surface area contributed by atoms with Gasteiger partial charge in [0.1, 0.15) is 0 Å². The van der Waals surface area contributed by atoms with Crippen molar-refractivity contribution in [2.24, 2.45) is 0 Å². The van der Waals surface area contributed by atoms with Gasteiger partial charge in [-0.3, -0.25) is 4.72 Å². The molecule has 2 rings (SSSR count). The van der Waals surface area contributed by atoms with Crippen molar-refractivity contribution in [3.05, 3.63) is 41.8 Å². The molecule has 1 heterocycles. The SMILES string of the molecule is O=S(=O)(Nc1ccccc1Cl)c1cnc[nH]1. The van der Waals surface area contributed by atoms with Crippen LogP contribution in [0.25, 0.3) is 0 Å². The van der Waals surface area contributed by atoms with E-state index in [-0.39, 0.29) is 5.03 Å². The quantitative estimate of drug-likeness (QED) is 0.881. The highest BCUT2D eigenvalue weighted by atomic mass is 35.5. The van der Waals surface area contributed by atoms with Gasteiger partial charge in [0.2, 0.25) is 0 Å². The van der Waals surface area contributed by atoms with Crippen molar-refractivity contribution in [1.29, 1.82) is 0 Å². The van der Waals surface area contributed by atoms with Gasteiger partial charge in [-0.1, -0.05) is 23.7 Å². The highest BCUT2D eigenvalue weighted by Gasteiger charge is 2.16. The molecular weight excluding hydrogens is 250 g/mol. The summed E-state index contributed by atoms with van der Waals surface area (Å²) in [6.45, 7) is 0. The van der Waals surface area contributed by atoms with Crippen molar-refractivity contribution in [3.8, 4) is 0 Å². The van der Waals surface area contributed by atoms with Gasteiger partial charge in [-0.15, -0.1) is 0 Å². The molecule has 7 heteroatoms. The highest BCUT2D eigenvalue weighted by Crippen LogP contribution is 2.22. The number of hydrogen-bond acceptors (Lipinski definition) is 3. The Morgan fingerprint density at radius 3 is 2.69 bits per heavy atom. The predicted octanol–water partition coefficient (Wildman–Crippen LogP) is 1.86. The Morgan fingerprint density at radius 2 is 2.06 bits per heavy atom. The highest BCUT2D eigenvalue weighted by molar-refractivity contribution is 7.92. The van der Waals surface area contributed by atoms with Gasteiger partial charge in [0, 0.05) is 0 Å². The Balaban J connectivity index is 2.33. The molecule has 16 heavy (non-hydrogen) atoms. The number of sulfonamides is 1. The average molecular weight is 258 g/mol. The van der Waals surface area contributed by atoms with E-state index in [1.54, 1.807) is 24.3 Å². The predicted molar refractivity (Wildman–Crippen MR) is 60.8 cm³/mol. The fraction of sp³-hybridized carbons (Fsp3) is 0. The third kappa shape index (κ3) is 2.17. The lowest BCUT2D eigenvalue weighted by molar-refractivity contribution is 0.598. The molecule has 0 saturated carbocycles. The van der Waals surface area contributed by atoms with Gasteiger partial charge < -0.3 is 4.98 Å². The number of imidazole rings is 1. The summed E-state index contributed by atoms with van der Waals surface area (Å²) in [6.07, 6.45) is 2.51. The number of halogens is 1. The summed E-state index contributed by atoms with van der Waals surface area (Å²) >= 11 is 5.84. The number of aromatic amines is 1. The molecule has 0 amide bonds. The second-order valence-electron chi connectivity index (χ2n) is 3.00. The molecular formula is C9H8ClN3O2S. The van der Waals surface area contributed by atoms with E-state index in [9.17, 15) is 8.42 Å². The molecule has 2 N–H and O–H groups in total. The first-order valence-electron chi connectivity index (χ1n) is 4.35. The standard InChI is InChI=1S/C9H8ClN3O2S/c10-7-3-1-2-4-8(7)13-16(14,15)9-5-11-6-12-9/h1-6,13H,(H,11,12). The van der Waals surface area contributed by atoms with Crippen LogP contribution in [0, 0.1) is 0 Å². The topological polar surface area (TPSA) is 74.8 Å². The zero-order valence-electron chi connectivity index (χ0n) is 8.01. The molecule has 0 bridgehead atoms. The largest absolute Gasteiger partial charge is 0.334 e.